The summed E-state index contributed by atoms with van der Waals surface area (Å²) in [6, 6.07) is 0. The van der Waals surface area contributed by atoms with E-state index in [1.807, 2.05) is 0 Å². The van der Waals surface area contributed by atoms with E-state index in [0.717, 1.165) is 0 Å². The minimum Gasteiger partial charge on any atom is -0.537 e. The molecule has 1 aromatic carbocycles. The van der Waals surface area contributed by atoms with Crippen molar-refractivity contribution in [1.82, 2.24) is 0 Å². The first-order chi connectivity index (χ1) is 28.5. The molecule has 0 aliphatic carbocycles. The lowest BCUT2D eigenvalue weighted by molar-refractivity contribution is -0.0649. The average molecular weight is 1140 g/mol. The van der Waals surface area contributed by atoms with Gasteiger partial charge < -0.3 is 60.7 Å². The van der Waals surface area contributed by atoms with Gasteiger partial charge in [0, 0.05) is 0 Å². The van der Waals surface area contributed by atoms with Crippen LogP contribution in [0.2, 0.25) is 136 Å². The minimum atomic E-state index is -3.59. The Hall–Kier alpha value is 0.533. The van der Waals surface area contributed by atoms with Gasteiger partial charge in [0.15, 0.2) is 89.8 Å². The number of hydrogen-bond donors (Lipinski definition) is 0. The summed E-state index contributed by atoms with van der Waals surface area (Å²) in [7, 11) is -8.84. The molecule has 0 aliphatic rings. The quantitative estimate of drug-likeness (QED) is 0.0451. The molecule has 18 radical (unpaired) electrons. The maximum Gasteiger partial charge on any atom is 0.509 e. The van der Waals surface area contributed by atoms with Crippen LogP contribution in [-0.4, -0.2) is 150 Å². The van der Waals surface area contributed by atoms with Gasteiger partial charge in [-0.25, -0.2) is 0 Å². The van der Waals surface area contributed by atoms with Crippen LogP contribution in [0.25, 0.3) is 5.76 Å². The molecule has 1 unspecified atom stereocenters. The van der Waals surface area contributed by atoms with Crippen LogP contribution in [0.4, 0.5) is 0 Å². The van der Waals surface area contributed by atoms with E-state index in [1.54, 1.807) is 0 Å². The normalized spacial score (nSPS) is 15.3. The zero-order valence-electron chi connectivity index (χ0n) is 42.9. The Balaban J connectivity index is 5.02. The summed E-state index contributed by atoms with van der Waals surface area (Å²) in [6.45, 7) is 51.3. The molecule has 0 amide bonds. The van der Waals surface area contributed by atoms with Crippen LogP contribution in [0.1, 0.15) is 33.3 Å². The first-order valence-corrected chi connectivity index (χ1v) is 50.5. The second-order valence-electron chi connectivity index (χ2n) is 22.8. The minimum absolute atomic E-state index is 0.0457. The summed E-state index contributed by atoms with van der Waals surface area (Å²) in [5.41, 5.74) is -0.953. The van der Waals surface area contributed by atoms with Gasteiger partial charge >= 0.3 is 72.0 Å². The van der Waals surface area contributed by atoms with Crippen molar-refractivity contribution in [2.45, 2.75) is 169 Å². The highest BCUT2D eigenvalue weighted by atomic mass is 28.4. The third kappa shape index (κ3) is 19.4. The summed E-state index contributed by atoms with van der Waals surface area (Å²) >= 11 is 0. The molecule has 1 atom stereocenters. The van der Waals surface area contributed by atoms with Gasteiger partial charge in [-0.15, -0.1) is 0 Å². The summed E-state index contributed by atoms with van der Waals surface area (Å²) in [6.07, 6.45) is 0.296. The molecule has 0 heterocycles. The van der Waals surface area contributed by atoms with Crippen LogP contribution in [0.15, 0.2) is 5.38 Å². The SMILES string of the molecule is CC(C)(C)[Si](CO[Si](C)(C)C)(O[Si](C)(C)C(O[Si]O[Si](C)(C)C)=C(O[Si]O[Si](C)(C)C)c1c(O[Si])c(O[Si])c(O[Si])c(O[Si])c1O[Si]O[Si](C)(C)C)C(C)(O[Si](C)(C)C)O[Si](C)(C)C. The molecule has 0 aliphatic heterocycles. The Morgan fingerprint density at radius 3 is 1.20 bits per heavy atom. The summed E-state index contributed by atoms with van der Waals surface area (Å²) < 4.78 is 93.1. The van der Waals surface area contributed by atoms with Crippen LogP contribution >= 0.6 is 0 Å². The Morgan fingerprint density at radius 2 is 0.844 bits per heavy atom. The summed E-state index contributed by atoms with van der Waals surface area (Å²) in [4.78, 5) is 0. The van der Waals surface area contributed by atoms with Crippen LogP contribution in [-0.2, 0) is 38.6 Å². The molecule has 14 nitrogen and oxygen atoms in total. The van der Waals surface area contributed by atoms with Crippen LogP contribution in [0.5, 0.6) is 28.7 Å². The standard InChI is InChI=1S/C35H74O14Si15/c1-34(2,3)64(25-36-57(5,6)7,35(4,44-58(8,9)10)45-59(11,12)13)49-63(23,24)33(43-56-48-62(20,21)22)29(42-55-47-61(17,18)19)26-27(37-50)30(38-51)32(40-53)31(39-52)28(26)41-54-46-60(14,15)16/h25H2,1-24H3. The monoisotopic (exact) mass is 1140 g/mol. The third-order valence-electron chi connectivity index (χ3n) is 8.23. The fraction of sp³-hybridized carbons (Fsp3) is 0.771. The highest BCUT2D eigenvalue weighted by Crippen LogP contribution is 2.57. The lowest BCUT2D eigenvalue weighted by atomic mass is 10.1. The average Bonchev–Trinajstić information content (AvgIpc) is 3.05. The first kappa shape index (κ1) is 62.5. The Labute approximate surface area is 417 Å². The van der Waals surface area contributed by atoms with Crippen molar-refractivity contribution in [1.29, 1.82) is 0 Å². The van der Waals surface area contributed by atoms with E-state index in [4.69, 9.17) is 60.7 Å². The lowest BCUT2D eigenvalue weighted by Gasteiger charge is -2.58. The van der Waals surface area contributed by atoms with Crippen LogP contribution < -0.4 is 22.1 Å². The molecule has 0 aromatic heterocycles. The molecule has 0 N–H and O–H groups in total. The predicted molar refractivity (Wildman–Crippen MR) is 283 cm³/mol. The molecule has 1 rings (SSSR count). The van der Waals surface area contributed by atoms with Gasteiger partial charge in [-0.2, -0.15) is 0 Å². The highest BCUT2D eigenvalue weighted by molar-refractivity contribution is 6.93. The van der Waals surface area contributed by atoms with Gasteiger partial charge in [-0.3, -0.25) is 0 Å². The van der Waals surface area contributed by atoms with Crippen molar-refractivity contribution in [2.75, 3.05) is 6.23 Å². The van der Waals surface area contributed by atoms with Gasteiger partial charge in [-0.1, -0.05) is 20.8 Å². The second-order valence-corrected chi connectivity index (χ2v) is 61.8. The Morgan fingerprint density at radius 1 is 0.469 bits per heavy atom. The largest absolute Gasteiger partial charge is 0.537 e. The summed E-state index contributed by atoms with van der Waals surface area (Å²) in [5, 5.41) is -0.170. The van der Waals surface area contributed by atoms with E-state index in [0.29, 0.717) is 11.6 Å². The summed E-state index contributed by atoms with van der Waals surface area (Å²) in [5.74, 6) is 0.526. The molecular weight excluding hydrogens is 1070 g/mol. The lowest BCUT2D eigenvalue weighted by Crippen LogP contribution is -2.76. The molecular formula is C35H74O14Si15. The zero-order valence-corrected chi connectivity index (χ0v) is 57.9. The van der Waals surface area contributed by atoms with Gasteiger partial charge in [0.25, 0.3) is 8.32 Å². The van der Waals surface area contributed by atoms with Gasteiger partial charge in [0.1, 0.15) is 10.9 Å². The molecule has 0 fully saturated rings. The molecule has 0 spiro atoms. The molecule has 0 saturated heterocycles. The Bertz CT molecular complexity index is 1680. The van der Waals surface area contributed by atoms with Crippen molar-refractivity contribution in [2.24, 2.45) is 0 Å². The maximum absolute atomic E-state index is 8.15. The fourth-order valence-corrected chi connectivity index (χ4v) is 29.2. The number of hydrogen-bond acceptors (Lipinski definition) is 14. The van der Waals surface area contributed by atoms with E-state index < -0.39 is 107 Å². The third-order valence-corrected chi connectivity index (χ3v) is 31.7. The maximum atomic E-state index is 8.15. The molecule has 1 aromatic rings. The zero-order chi connectivity index (χ0) is 50.3. The molecule has 64 heavy (non-hydrogen) atoms. The topological polar surface area (TPSA) is 129 Å². The highest BCUT2D eigenvalue weighted by Gasteiger charge is 2.66. The van der Waals surface area contributed by atoms with Gasteiger partial charge in [0.05, 0.1) is 6.23 Å². The number of rotatable bonds is 28. The number of benzene rings is 1. The van der Waals surface area contributed by atoms with Crippen molar-refractivity contribution in [3.05, 3.63) is 10.9 Å². The van der Waals surface area contributed by atoms with Crippen molar-refractivity contribution < 1.29 is 60.7 Å². The second kappa shape index (κ2) is 23.6. The van der Waals surface area contributed by atoms with Gasteiger partial charge in [-0.05, 0) is 143 Å². The van der Waals surface area contributed by atoms with Crippen molar-refractivity contribution in [3.63, 3.8) is 0 Å². The van der Waals surface area contributed by atoms with E-state index in [9.17, 15) is 0 Å². The predicted octanol–water partition coefficient (Wildman–Crippen LogP) is 8.63. The molecule has 29 heteroatoms. The van der Waals surface area contributed by atoms with E-state index in [2.05, 4.69) is 201 Å². The van der Waals surface area contributed by atoms with Crippen molar-refractivity contribution in [3.8, 4) is 28.7 Å². The van der Waals surface area contributed by atoms with Gasteiger partial charge in [0.2, 0.25) is 8.32 Å². The fourth-order valence-electron chi connectivity index (χ4n) is 5.99. The molecule has 0 bridgehead atoms. The van der Waals surface area contributed by atoms with E-state index in [-0.39, 0.29) is 40.1 Å². The van der Waals surface area contributed by atoms with E-state index >= 15 is 0 Å². The van der Waals surface area contributed by atoms with Crippen LogP contribution in [0, 0.1) is 0 Å². The van der Waals surface area contributed by atoms with Crippen molar-refractivity contribution >= 4 is 144 Å². The smallest absolute Gasteiger partial charge is 0.509 e. The molecule has 0 saturated carbocycles. The van der Waals surface area contributed by atoms with E-state index in [1.165, 1.54) is 0 Å². The Kier molecular flexibility index (Phi) is 23.1. The first-order valence-electron chi connectivity index (χ1n) is 20.9. The molecule has 358 valence electrons. The van der Waals surface area contributed by atoms with Crippen LogP contribution in [0.3, 0.4) is 0 Å².